The van der Waals surface area contributed by atoms with Crippen molar-refractivity contribution in [3.63, 3.8) is 0 Å². The molecule has 4 nitrogen and oxygen atoms in total. The van der Waals surface area contributed by atoms with Crippen LogP contribution in [0.5, 0.6) is 0 Å². The molecule has 2 aromatic heterocycles. The van der Waals surface area contributed by atoms with Crippen LogP contribution < -0.4 is 10.6 Å². The van der Waals surface area contributed by atoms with E-state index >= 15 is 0 Å². The van der Waals surface area contributed by atoms with Crippen molar-refractivity contribution in [2.75, 3.05) is 24.7 Å². The molecule has 0 saturated heterocycles. The number of fused-ring (bicyclic) bond motifs is 1. The van der Waals surface area contributed by atoms with E-state index in [-0.39, 0.29) is 0 Å². The third-order valence-corrected chi connectivity index (χ3v) is 3.81. The highest BCUT2D eigenvalue weighted by Gasteiger charge is 2.14. The van der Waals surface area contributed by atoms with Gasteiger partial charge in [0.2, 0.25) is 0 Å². The van der Waals surface area contributed by atoms with Gasteiger partial charge >= 0.3 is 0 Å². The number of rotatable bonds is 3. The highest BCUT2D eigenvalue weighted by atomic mass is 15.1. The summed E-state index contributed by atoms with van der Waals surface area (Å²) in [5, 5.41) is 0. The summed E-state index contributed by atoms with van der Waals surface area (Å²) in [6.45, 7) is 2.15. The van der Waals surface area contributed by atoms with Crippen molar-refractivity contribution < 1.29 is 0 Å². The molecule has 108 valence electrons. The van der Waals surface area contributed by atoms with Gasteiger partial charge in [-0.15, -0.1) is 0 Å². The van der Waals surface area contributed by atoms with Crippen LogP contribution in [0, 0.1) is 0 Å². The predicted molar refractivity (Wildman–Crippen MR) is 88.7 cm³/mol. The maximum absolute atomic E-state index is 6.35. The Hall–Kier alpha value is -2.49. The fraction of sp³-hybridized carbons (Fsp3) is 0.235. The Morgan fingerprint density at radius 2 is 1.90 bits per heavy atom. The monoisotopic (exact) mass is 280 g/mol. The minimum absolute atomic E-state index is 0.689. The molecule has 0 aliphatic heterocycles. The first-order chi connectivity index (χ1) is 10.1. The van der Waals surface area contributed by atoms with Gasteiger partial charge in [0.25, 0.3) is 0 Å². The molecule has 0 saturated carbocycles. The molecule has 1 aromatic carbocycles. The molecule has 0 fully saturated rings. The van der Waals surface area contributed by atoms with E-state index in [9.17, 15) is 0 Å². The second kappa shape index (κ2) is 5.13. The van der Waals surface area contributed by atoms with Gasteiger partial charge in [0.1, 0.15) is 17.2 Å². The van der Waals surface area contributed by atoms with Crippen molar-refractivity contribution in [2.24, 2.45) is 0 Å². The molecule has 0 aliphatic carbocycles. The Bertz CT molecular complexity index is 787. The molecule has 0 spiro atoms. The van der Waals surface area contributed by atoms with Crippen LogP contribution in [0.1, 0.15) is 12.5 Å². The first-order valence-corrected chi connectivity index (χ1v) is 7.15. The van der Waals surface area contributed by atoms with Crippen LogP contribution in [0.2, 0.25) is 0 Å². The fourth-order valence-electron chi connectivity index (χ4n) is 2.57. The maximum Gasteiger partial charge on any atom is 0.139 e. The van der Waals surface area contributed by atoms with E-state index in [1.54, 1.807) is 0 Å². The number of anilines is 2. The molecule has 0 amide bonds. The lowest BCUT2D eigenvalue weighted by molar-refractivity contribution is 1.09. The standard InChI is InChI=1S/C17H20N4/c1-4-12-7-5-6-8-14(12)16-17(18)21-11-13(20(2)3)9-10-15(21)19-16/h5-11H,4,18H2,1-3H3. The number of nitrogen functional groups attached to an aromatic ring is 1. The van der Waals surface area contributed by atoms with E-state index < -0.39 is 0 Å². The molecule has 2 N–H and O–H groups in total. The number of hydrogen-bond acceptors (Lipinski definition) is 3. The first kappa shape index (κ1) is 13.5. The molecule has 21 heavy (non-hydrogen) atoms. The molecular formula is C17H20N4. The number of benzene rings is 1. The second-order valence-corrected chi connectivity index (χ2v) is 5.37. The number of pyridine rings is 1. The Morgan fingerprint density at radius 1 is 1.14 bits per heavy atom. The average Bonchev–Trinajstić information content (AvgIpc) is 2.83. The molecule has 0 aliphatic rings. The normalized spacial score (nSPS) is 11.0. The molecule has 3 aromatic rings. The quantitative estimate of drug-likeness (QED) is 0.801. The summed E-state index contributed by atoms with van der Waals surface area (Å²) in [5.74, 6) is 0.689. The van der Waals surface area contributed by atoms with E-state index in [4.69, 9.17) is 10.7 Å². The topological polar surface area (TPSA) is 46.6 Å². The summed E-state index contributed by atoms with van der Waals surface area (Å²) >= 11 is 0. The van der Waals surface area contributed by atoms with E-state index in [0.29, 0.717) is 5.82 Å². The van der Waals surface area contributed by atoms with Gasteiger partial charge in [-0.25, -0.2) is 4.98 Å². The third-order valence-electron chi connectivity index (χ3n) is 3.81. The lowest BCUT2D eigenvalue weighted by Gasteiger charge is -2.12. The Labute approximate surface area is 124 Å². The summed E-state index contributed by atoms with van der Waals surface area (Å²) in [6.07, 6.45) is 2.99. The van der Waals surface area contributed by atoms with Crippen molar-refractivity contribution in [3.8, 4) is 11.3 Å². The predicted octanol–water partition coefficient (Wildman–Crippen LogP) is 3.21. The largest absolute Gasteiger partial charge is 0.383 e. The van der Waals surface area contributed by atoms with Crippen LogP contribution in [0.3, 0.4) is 0 Å². The van der Waals surface area contributed by atoms with Gasteiger partial charge in [0, 0.05) is 25.9 Å². The Kier molecular flexibility index (Phi) is 3.29. The summed E-state index contributed by atoms with van der Waals surface area (Å²) < 4.78 is 1.96. The van der Waals surface area contributed by atoms with Gasteiger partial charge in [0.05, 0.1) is 5.69 Å². The summed E-state index contributed by atoms with van der Waals surface area (Å²) in [4.78, 5) is 6.77. The van der Waals surface area contributed by atoms with Crippen molar-refractivity contribution in [2.45, 2.75) is 13.3 Å². The van der Waals surface area contributed by atoms with Gasteiger partial charge < -0.3 is 10.6 Å². The molecule has 0 atom stereocenters. The zero-order valence-corrected chi connectivity index (χ0v) is 12.7. The Balaban J connectivity index is 2.22. The lowest BCUT2D eigenvalue weighted by atomic mass is 10.0. The van der Waals surface area contributed by atoms with E-state index in [1.807, 2.05) is 36.8 Å². The first-order valence-electron chi connectivity index (χ1n) is 7.15. The van der Waals surface area contributed by atoms with Crippen LogP contribution >= 0.6 is 0 Å². The van der Waals surface area contributed by atoms with Crippen LogP contribution in [-0.4, -0.2) is 23.5 Å². The molecule has 0 unspecified atom stereocenters. The number of aromatic nitrogens is 2. The molecule has 4 heteroatoms. The van der Waals surface area contributed by atoms with Crippen molar-refractivity contribution in [3.05, 3.63) is 48.2 Å². The number of imidazole rings is 1. The second-order valence-electron chi connectivity index (χ2n) is 5.37. The molecule has 0 radical (unpaired) electrons. The van der Waals surface area contributed by atoms with Crippen molar-refractivity contribution >= 4 is 17.2 Å². The van der Waals surface area contributed by atoms with Gasteiger partial charge in [0.15, 0.2) is 0 Å². The minimum Gasteiger partial charge on any atom is -0.383 e. The lowest BCUT2D eigenvalue weighted by Crippen LogP contribution is -2.09. The van der Waals surface area contributed by atoms with Crippen LogP contribution in [0.25, 0.3) is 16.9 Å². The SMILES string of the molecule is CCc1ccccc1-c1nc2ccc(N(C)C)cn2c1N. The van der Waals surface area contributed by atoms with Crippen molar-refractivity contribution in [1.82, 2.24) is 9.38 Å². The summed E-state index contributed by atoms with van der Waals surface area (Å²) in [7, 11) is 4.03. The zero-order valence-electron chi connectivity index (χ0n) is 12.7. The van der Waals surface area contributed by atoms with Crippen LogP contribution in [-0.2, 0) is 6.42 Å². The number of nitrogens with zero attached hydrogens (tertiary/aromatic N) is 3. The number of nitrogens with two attached hydrogens (primary N) is 1. The highest BCUT2D eigenvalue weighted by molar-refractivity contribution is 5.77. The number of aryl methyl sites for hydroxylation is 1. The molecule has 2 heterocycles. The molecular weight excluding hydrogens is 260 g/mol. The number of hydrogen-bond donors (Lipinski definition) is 1. The highest BCUT2D eigenvalue weighted by Crippen LogP contribution is 2.30. The van der Waals surface area contributed by atoms with E-state index in [0.717, 1.165) is 29.0 Å². The summed E-state index contributed by atoms with van der Waals surface area (Å²) in [5.41, 5.74) is 11.6. The van der Waals surface area contributed by atoms with E-state index in [1.165, 1.54) is 5.56 Å². The zero-order chi connectivity index (χ0) is 15.0. The molecule has 3 rings (SSSR count). The maximum atomic E-state index is 6.35. The summed E-state index contributed by atoms with van der Waals surface area (Å²) in [6, 6.07) is 12.4. The van der Waals surface area contributed by atoms with Gasteiger partial charge in [-0.2, -0.15) is 0 Å². The van der Waals surface area contributed by atoms with Gasteiger partial charge in [-0.1, -0.05) is 31.2 Å². The van der Waals surface area contributed by atoms with Gasteiger partial charge in [-0.05, 0) is 24.1 Å². The Morgan fingerprint density at radius 3 is 2.62 bits per heavy atom. The van der Waals surface area contributed by atoms with E-state index in [2.05, 4.69) is 36.1 Å². The molecule has 0 bridgehead atoms. The van der Waals surface area contributed by atoms with Crippen LogP contribution in [0.15, 0.2) is 42.6 Å². The van der Waals surface area contributed by atoms with Crippen molar-refractivity contribution in [1.29, 1.82) is 0 Å². The smallest absolute Gasteiger partial charge is 0.139 e. The van der Waals surface area contributed by atoms with Gasteiger partial charge in [-0.3, -0.25) is 4.40 Å². The minimum atomic E-state index is 0.689. The average molecular weight is 280 g/mol. The van der Waals surface area contributed by atoms with Crippen LogP contribution in [0.4, 0.5) is 11.5 Å². The fourth-order valence-corrected chi connectivity index (χ4v) is 2.57. The third kappa shape index (κ3) is 2.23.